The average molecular weight is 455 g/mol. The number of amides is 3. The number of hydrogen-bond donors (Lipinski definition) is 1. The van der Waals surface area contributed by atoms with Crippen molar-refractivity contribution in [3.63, 3.8) is 0 Å². The minimum Gasteiger partial charge on any atom is -0.496 e. The summed E-state index contributed by atoms with van der Waals surface area (Å²) in [6, 6.07) is 6.95. The average Bonchev–Trinajstić information content (AvgIpc) is 3.04. The van der Waals surface area contributed by atoms with Gasteiger partial charge < -0.3 is 9.64 Å². The first-order valence-corrected chi connectivity index (χ1v) is 10.9. The van der Waals surface area contributed by atoms with Crippen LogP contribution in [0.4, 0.5) is 14.9 Å². The number of fused-ring (bicyclic) bond motifs is 1. The van der Waals surface area contributed by atoms with Gasteiger partial charge in [-0.15, -0.1) is 0 Å². The van der Waals surface area contributed by atoms with Crippen molar-refractivity contribution in [1.29, 1.82) is 0 Å². The summed E-state index contributed by atoms with van der Waals surface area (Å²) in [5.41, 5.74) is 3.25. The van der Waals surface area contributed by atoms with Crippen LogP contribution in [0.3, 0.4) is 0 Å². The summed E-state index contributed by atoms with van der Waals surface area (Å²) < 4.78 is 21.2. The smallest absolute Gasteiger partial charge is 0.290 e. The summed E-state index contributed by atoms with van der Waals surface area (Å²) in [6.45, 7) is 5.94. The second-order valence-corrected chi connectivity index (χ2v) is 9.61. The van der Waals surface area contributed by atoms with Gasteiger partial charge >= 0.3 is 0 Å². The predicted molar refractivity (Wildman–Crippen MR) is 123 cm³/mol. The van der Waals surface area contributed by atoms with E-state index >= 15 is 4.39 Å². The maximum atomic E-state index is 15.8. The van der Waals surface area contributed by atoms with Gasteiger partial charge in [0.15, 0.2) is 0 Å². The third kappa shape index (κ3) is 3.58. The molecule has 0 radical (unpaired) electrons. The van der Waals surface area contributed by atoms with Crippen LogP contribution in [0.2, 0.25) is 0 Å². The van der Waals surface area contributed by atoms with Crippen molar-refractivity contribution in [2.75, 3.05) is 19.1 Å². The molecule has 2 aromatic rings. The molecule has 2 aliphatic heterocycles. The van der Waals surface area contributed by atoms with Gasteiger partial charge in [0.05, 0.1) is 17.6 Å². The second kappa shape index (κ2) is 7.78. The second-order valence-electron chi connectivity index (χ2n) is 8.60. The maximum absolute atomic E-state index is 15.8. The third-order valence-electron chi connectivity index (χ3n) is 5.95. The number of nitrogens with one attached hydrogen (secondary N) is 1. The first-order chi connectivity index (χ1) is 15.0. The highest BCUT2D eigenvalue weighted by Gasteiger charge is 2.36. The van der Waals surface area contributed by atoms with E-state index in [-0.39, 0.29) is 27.4 Å². The van der Waals surface area contributed by atoms with Crippen LogP contribution in [0.1, 0.15) is 37.0 Å². The minimum absolute atomic E-state index is 0.00263. The molecule has 6 nitrogen and oxygen atoms in total. The van der Waals surface area contributed by atoms with Crippen molar-refractivity contribution < 1.29 is 23.5 Å². The predicted octanol–water partition coefficient (Wildman–Crippen LogP) is 4.78. The van der Waals surface area contributed by atoms with E-state index in [1.54, 1.807) is 18.0 Å². The first kappa shape index (κ1) is 22.1. The molecule has 3 amide bonds. The molecule has 0 spiro atoms. The molecule has 32 heavy (non-hydrogen) atoms. The zero-order chi connectivity index (χ0) is 23.4. The fourth-order valence-corrected chi connectivity index (χ4v) is 4.85. The molecule has 2 aliphatic rings. The molecule has 0 unspecified atom stereocenters. The number of aryl methyl sites for hydroxylation is 1. The highest BCUT2D eigenvalue weighted by molar-refractivity contribution is 8.18. The molecule has 1 saturated heterocycles. The van der Waals surface area contributed by atoms with Gasteiger partial charge in [-0.3, -0.25) is 19.7 Å². The highest BCUT2D eigenvalue weighted by atomic mass is 32.2. The van der Waals surface area contributed by atoms with Gasteiger partial charge in [-0.05, 0) is 59.7 Å². The zero-order valence-corrected chi connectivity index (χ0v) is 19.3. The van der Waals surface area contributed by atoms with E-state index < -0.39 is 17.0 Å². The first-order valence-electron chi connectivity index (χ1n) is 10.1. The molecule has 166 valence electrons. The van der Waals surface area contributed by atoms with Gasteiger partial charge in [0, 0.05) is 30.1 Å². The Bertz CT molecular complexity index is 1220. The normalized spacial score (nSPS) is 18.8. The van der Waals surface area contributed by atoms with Crippen LogP contribution in [0.25, 0.3) is 17.2 Å². The summed E-state index contributed by atoms with van der Waals surface area (Å²) in [5.74, 6) is -0.797. The molecule has 8 heteroatoms. The summed E-state index contributed by atoms with van der Waals surface area (Å²) >= 11 is 0.730. The number of benzene rings is 2. The number of nitrogens with zero attached hydrogens (tertiary/aromatic N) is 1. The molecule has 0 aromatic heterocycles. The van der Waals surface area contributed by atoms with Crippen molar-refractivity contribution in [3.8, 4) is 16.9 Å². The van der Waals surface area contributed by atoms with Crippen molar-refractivity contribution in [2.45, 2.75) is 32.6 Å². The van der Waals surface area contributed by atoms with E-state index in [9.17, 15) is 14.4 Å². The summed E-state index contributed by atoms with van der Waals surface area (Å²) in [5, 5.41) is 1.68. The van der Waals surface area contributed by atoms with Gasteiger partial charge in [0.1, 0.15) is 11.6 Å². The van der Waals surface area contributed by atoms with E-state index in [0.717, 1.165) is 28.6 Å². The largest absolute Gasteiger partial charge is 0.496 e. The molecule has 0 aliphatic carbocycles. The van der Waals surface area contributed by atoms with Gasteiger partial charge in [-0.25, -0.2) is 4.39 Å². The third-order valence-corrected chi connectivity index (χ3v) is 6.76. The molecule has 2 aromatic carbocycles. The Morgan fingerprint density at radius 2 is 1.94 bits per heavy atom. The van der Waals surface area contributed by atoms with Gasteiger partial charge in [0.25, 0.3) is 11.1 Å². The molecular formula is C24H23FN2O4S. The number of imide groups is 1. The SMILES string of the molecule is COc1ccc(/C=C2\SC(=O)NC2=O)c(F)c1-c1cc2c(cc1C)C(C)(C)CC(=O)N2C. The van der Waals surface area contributed by atoms with Crippen LogP contribution in [0, 0.1) is 12.7 Å². The van der Waals surface area contributed by atoms with Gasteiger partial charge in [-0.1, -0.05) is 19.9 Å². The maximum Gasteiger partial charge on any atom is 0.290 e. The topological polar surface area (TPSA) is 75.7 Å². The standard InChI is InChI=1S/C24H23FN2O4S/c1-12-8-15-16(27(4)19(28)11-24(15,2)3)10-14(12)20-17(31-5)7-6-13(21(20)25)9-18-22(29)26-23(30)32-18/h6-10H,11H2,1-5H3,(H,26,29,30)/b18-9-. The number of rotatable bonds is 3. The number of thioether (sulfide) groups is 1. The van der Waals surface area contributed by atoms with Crippen LogP contribution < -0.4 is 15.0 Å². The number of halogens is 1. The Morgan fingerprint density at radius 3 is 2.56 bits per heavy atom. The molecule has 0 bridgehead atoms. The lowest BCUT2D eigenvalue weighted by Crippen LogP contribution is -2.39. The fourth-order valence-electron chi connectivity index (χ4n) is 4.18. The van der Waals surface area contributed by atoms with Crippen LogP contribution >= 0.6 is 11.8 Å². The molecular weight excluding hydrogens is 431 g/mol. The van der Waals surface area contributed by atoms with Gasteiger partial charge in [-0.2, -0.15) is 0 Å². The Balaban J connectivity index is 1.92. The number of carbonyl (C=O) groups is 3. The van der Waals surface area contributed by atoms with Gasteiger partial charge in [0.2, 0.25) is 5.91 Å². The number of hydrogen-bond acceptors (Lipinski definition) is 5. The quantitative estimate of drug-likeness (QED) is 0.676. The van der Waals surface area contributed by atoms with E-state index in [4.69, 9.17) is 4.74 Å². The number of anilines is 1. The zero-order valence-electron chi connectivity index (χ0n) is 18.5. The van der Waals surface area contributed by atoms with Crippen molar-refractivity contribution in [2.24, 2.45) is 0 Å². The van der Waals surface area contributed by atoms with E-state index in [1.807, 2.05) is 32.9 Å². The number of ether oxygens (including phenoxy) is 1. The van der Waals surface area contributed by atoms with E-state index in [2.05, 4.69) is 5.32 Å². The number of methoxy groups -OCH3 is 1. The van der Waals surface area contributed by atoms with Crippen LogP contribution in [-0.2, 0) is 15.0 Å². The highest BCUT2D eigenvalue weighted by Crippen LogP contribution is 2.45. The summed E-state index contributed by atoms with van der Waals surface area (Å²) in [7, 11) is 3.18. The summed E-state index contributed by atoms with van der Waals surface area (Å²) in [4.78, 5) is 37.7. The Hall–Kier alpha value is -3.13. The van der Waals surface area contributed by atoms with Crippen molar-refractivity contribution in [3.05, 3.63) is 51.7 Å². The lowest BCUT2D eigenvalue weighted by molar-refractivity contribution is -0.119. The lowest BCUT2D eigenvalue weighted by atomic mass is 9.76. The molecule has 1 fully saturated rings. The lowest BCUT2D eigenvalue weighted by Gasteiger charge is -2.37. The van der Waals surface area contributed by atoms with E-state index in [1.165, 1.54) is 19.3 Å². The monoisotopic (exact) mass is 454 g/mol. The molecule has 2 heterocycles. The Kier molecular flexibility index (Phi) is 5.36. The van der Waals surface area contributed by atoms with Crippen LogP contribution in [-0.4, -0.2) is 31.2 Å². The molecule has 0 atom stereocenters. The summed E-state index contributed by atoms with van der Waals surface area (Å²) in [6.07, 6.45) is 1.75. The van der Waals surface area contributed by atoms with E-state index in [0.29, 0.717) is 17.7 Å². The molecule has 4 rings (SSSR count). The molecule has 1 N–H and O–H groups in total. The van der Waals surface area contributed by atoms with Crippen molar-refractivity contribution in [1.82, 2.24) is 5.32 Å². The number of carbonyl (C=O) groups excluding carboxylic acids is 3. The van der Waals surface area contributed by atoms with Crippen LogP contribution in [0.15, 0.2) is 29.2 Å². The van der Waals surface area contributed by atoms with Crippen molar-refractivity contribution >= 4 is 40.6 Å². The molecule has 0 saturated carbocycles. The van der Waals surface area contributed by atoms with Crippen LogP contribution in [0.5, 0.6) is 5.75 Å². The Labute approximate surface area is 189 Å². The fraction of sp³-hybridized carbons (Fsp3) is 0.292. The Morgan fingerprint density at radius 1 is 1.22 bits per heavy atom. The minimum atomic E-state index is -0.573.